The Morgan fingerprint density at radius 2 is 1.81 bits per heavy atom. The molecule has 258 valence electrons. The molecular weight excluding hydrogens is 624 g/mol. The largest absolute Gasteiger partial charge is 0.504 e. The van der Waals surface area contributed by atoms with Gasteiger partial charge in [-0.05, 0) is 45.6 Å². The van der Waals surface area contributed by atoms with Crippen molar-refractivity contribution < 1.29 is 73.1 Å². The fourth-order valence-corrected chi connectivity index (χ4v) is 10.1. The smallest absolute Gasteiger partial charge is 0.335 e. The highest BCUT2D eigenvalue weighted by atomic mass is 16.7. The van der Waals surface area contributed by atoms with Crippen molar-refractivity contribution in [3.8, 4) is 0 Å². The molecule has 47 heavy (non-hydrogen) atoms. The maximum atomic E-state index is 14.7. The van der Waals surface area contributed by atoms with Crippen molar-refractivity contribution in [2.75, 3.05) is 13.2 Å². The van der Waals surface area contributed by atoms with Gasteiger partial charge in [-0.25, -0.2) is 4.79 Å². The zero-order chi connectivity index (χ0) is 34.1. The lowest BCUT2D eigenvalue weighted by Crippen LogP contribution is -2.70. The normalized spacial score (nSPS) is 47.6. The summed E-state index contributed by atoms with van der Waals surface area (Å²) >= 11 is 0. The number of carboxylic acids is 1. The SMILES string of the molecule is CC1(C)O[C@H]2CC(=O)OC[C@@]23C1=C(O)C(=O)[C@]1(C)[C@@H]3CC[C@@](C)([C@@H](O[C@@H]2O[C@H](CO)[C@@H](O)[C@H](O)[C@H]2O)c2ccoc2)[C@@]12O[C@@H]2C(=O)O. The first-order chi connectivity index (χ1) is 22.0. The number of hydrogen-bond acceptors (Lipinski definition) is 14. The molecule has 4 aliphatic heterocycles. The molecular formula is C32H40O15. The highest BCUT2D eigenvalue weighted by molar-refractivity contribution is 6.03. The minimum Gasteiger partial charge on any atom is -0.504 e. The average molecular weight is 665 g/mol. The van der Waals surface area contributed by atoms with E-state index in [2.05, 4.69) is 0 Å². The summed E-state index contributed by atoms with van der Waals surface area (Å²) in [4.78, 5) is 40.1. The summed E-state index contributed by atoms with van der Waals surface area (Å²) in [7, 11) is 0. The Balaban J connectivity index is 1.39. The fourth-order valence-electron chi connectivity index (χ4n) is 10.1. The van der Waals surface area contributed by atoms with Crippen LogP contribution in [0.2, 0.25) is 0 Å². The number of aliphatic hydroxyl groups excluding tert-OH is 5. The van der Waals surface area contributed by atoms with Gasteiger partial charge in [0.05, 0.1) is 54.2 Å². The van der Waals surface area contributed by atoms with E-state index in [4.69, 9.17) is 28.1 Å². The molecule has 4 saturated heterocycles. The summed E-state index contributed by atoms with van der Waals surface area (Å²) in [5.41, 5.74) is -6.67. The number of carbonyl (C=O) groups excluding carboxylic acids is 2. The van der Waals surface area contributed by atoms with E-state index in [1.165, 1.54) is 12.5 Å². The van der Waals surface area contributed by atoms with Gasteiger partial charge in [0.1, 0.15) is 36.6 Å². The van der Waals surface area contributed by atoms with Crippen LogP contribution in [0.1, 0.15) is 58.6 Å². The Labute approximate surface area is 269 Å². The van der Waals surface area contributed by atoms with Crippen LogP contribution in [0.5, 0.6) is 0 Å². The van der Waals surface area contributed by atoms with Crippen LogP contribution < -0.4 is 0 Å². The van der Waals surface area contributed by atoms with E-state index in [-0.39, 0.29) is 25.9 Å². The average Bonchev–Trinajstić information content (AvgIpc) is 3.48. The minimum absolute atomic E-state index is 0.133. The summed E-state index contributed by atoms with van der Waals surface area (Å²) in [6.07, 6.45) is -8.69. The van der Waals surface area contributed by atoms with Gasteiger partial charge in [-0.3, -0.25) is 9.59 Å². The molecule has 0 aromatic carbocycles. The molecule has 0 unspecified atom stereocenters. The number of furan rings is 1. The van der Waals surface area contributed by atoms with Gasteiger partial charge in [0.2, 0.25) is 5.78 Å². The predicted octanol–water partition coefficient (Wildman–Crippen LogP) is 0.288. The number of fused-ring (bicyclic) bond motifs is 2. The molecule has 15 nitrogen and oxygen atoms in total. The van der Waals surface area contributed by atoms with Gasteiger partial charge in [-0.15, -0.1) is 0 Å². The highest BCUT2D eigenvalue weighted by Crippen LogP contribution is 2.78. The Kier molecular flexibility index (Phi) is 7.16. The molecule has 2 aliphatic carbocycles. The van der Waals surface area contributed by atoms with Gasteiger partial charge < -0.3 is 58.7 Å². The zero-order valence-electron chi connectivity index (χ0n) is 26.3. The minimum atomic E-state index is -1.85. The van der Waals surface area contributed by atoms with Gasteiger partial charge in [-0.2, -0.15) is 0 Å². The van der Waals surface area contributed by atoms with E-state index in [0.29, 0.717) is 11.1 Å². The Morgan fingerprint density at radius 1 is 1.09 bits per heavy atom. The number of aliphatic carboxylic acids is 1. The fraction of sp³-hybridized carbons (Fsp3) is 0.719. The third kappa shape index (κ3) is 3.93. The second kappa shape index (κ2) is 10.3. The van der Waals surface area contributed by atoms with Gasteiger partial charge in [-0.1, -0.05) is 6.92 Å². The third-order valence-electron chi connectivity index (χ3n) is 12.1. The highest BCUT2D eigenvalue weighted by Gasteiger charge is 2.88. The molecule has 6 aliphatic rings. The number of allylic oxidation sites excluding steroid dienone is 1. The van der Waals surface area contributed by atoms with E-state index in [1.54, 1.807) is 33.8 Å². The van der Waals surface area contributed by atoms with Crippen LogP contribution in [0.3, 0.4) is 0 Å². The van der Waals surface area contributed by atoms with E-state index in [9.17, 15) is 45.0 Å². The van der Waals surface area contributed by atoms with E-state index < -0.39 is 112 Å². The molecule has 1 aromatic rings. The van der Waals surface area contributed by atoms with Crippen molar-refractivity contribution in [3.05, 3.63) is 35.5 Å². The molecule has 7 rings (SSSR count). The molecule has 1 saturated carbocycles. The molecule has 6 N–H and O–H groups in total. The van der Waals surface area contributed by atoms with Crippen molar-refractivity contribution in [3.63, 3.8) is 0 Å². The molecule has 15 heteroatoms. The molecule has 0 bridgehead atoms. The van der Waals surface area contributed by atoms with Crippen molar-refractivity contribution in [1.82, 2.24) is 0 Å². The summed E-state index contributed by atoms with van der Waals surface area (Å²) in [6.45, 7) is 5.78. The first kappa shape index (κ1) is 32.6. The standard InChI is InChI=1S/C32H40O15/c1-28(2)22-21(38)23(39)30(4)15(31(22)12-43-17(34)9-16(31)46-28)5-7-29(3,32(30)25(47-32)26(40)41)24(13-6-8-42-11-13)45-27-20(37)19(36)18(35)14(10-33)44-27/h6,8,11,14-16,18-20,24-25,27,33,35-38H,5,7,9-10,12H2,1-4H3,(H,40,41)/t14-,15+,16+,18-,19+,20-,24+,25-,27+,29+,30+,31+,32-/m1/s1. The molecule has 0 amide bonds. The van der Waals surface area contributed by atoms with E-state index in [1.807, 2.05) is 0 Å². The van der Waals surface area contributed by atoms with E-state index in [0.717, 1.165) is 0 Å². The maximum absolute atomic E-state index is 14.7. The second-order valence-corrected chi connectivity index (χ2v) is 14.6. The third-order valence-corrected chi connectivity index (χ3v) is 12.1. The number of ketones is 1. The number of esters is 1. The van der Waals surface area contributed by atoms with Crippen molar-refractivity contribution in [2.45, 2.75) is 107 Å². The number of cyclic esters (lactones) is 1. The maximum Gasteiger partial charge on any atom is 0.335 e. The Bertz CT molecular complexity index is 1520. The van der Waals surface area contributed by atoms with Crippen LogP contribution in [0.25, 0.3) is 0 Å². The predicted molar refractivity (Wildman–Crippen MR) is 152 cm³/mol. The van der Waals surface area contributed by atoms with Gasteiger partial charge in [0.15, 0.2) is 18.2 Å². The van der Waals surface area contributed by atoms with Crippen LogP contribution in [0.4, 0.5) is 0 Å². The first-order valence-corrected chi connectivity index (χ1v) is 15.7. The zero-order valence-corrected chi connectivity index (χ0v) is 26.3. The number of hydrogen-bond donors (Lipinski definition) is 6. The number of Topliss-reactive ketones (excluding diaryl/α,β-unsaturated/α-hetero) is 1. The van der Waals surface area contributed by atoms with Gasteiger partial charge >= 0.3 is 11.9 Å². The molecule has 1 aromatic heterocycles. The van der Waals surface area contributed by atoms with Crippen molar-refractivity contribution in [1.29, 1.82) is 0 Å². The quantitative estimate of drug-likeness (QED) is 0.177. The van der Waals surface area contributed by atoms with Gasteiger partial charge in [0, 0.05) is 16.6 Å². The summed E-state index contributed by atoms with van der Waals surface area (Å²) in [5.74, 6) is -3.91. The van der Waals surface area contributed by atoms with Crippen LogP contribution in [-0.2, 0) is 38.1 Å². The van der Waals surface area contributed by atoms with Crippen LogP contribution in [0.15, 0.2) is 34.3 Å². The lowest BCUT2D eigenvalue weighted by atomic mass is 9.39. The number of rotatable bonds is 6. The number of carboxylic acid groups (broad SMARTS) is 1. The first-order valence-electron chi connectivity index (χ1n) is 15.7. The van der Waals surface area contributed by atoms with Crippen LogP contribution in [0, 0.1) is 22.2 Å². The molecule has 2 spiro atoms. The lowest BCUT2D eigenvalue weighted by Gasteiger charge is -2.62. The number of epoxide rings is 1. The summed E-state index contributed by atoms with van der Waals surface area (Å²) in [5, 5.41) is 63.9. The molecule has 5 fully saturated rings. The topological polar surface area (TPSA) is 235 Å². The summed E-state index contributed by atoms with van der Waals surface area (Å²) < 4.78 is 35.7. The van der Waals surface area contributed by atoms with E-state index >= 15 is 0 Å². The summed E-state index contributed by atoms with van der Waals surface area (Å²) in [6, 6.07) is 1.56. The molecule has 0 radical (unpaired) electrons. The molecule has 13 atom stereocenters. The Hall–Kier alpha value is -2.89. The van der Waals surface area contributed by atoms with Crippen LogP contribution >= 0.6 is 0 Å². The Morgan fingerprint density at radius 3 is 2.43 bits per heavy atom. The second-order valence-electron chi connectivity index (χ2n) is 14.6. The number of aliphatic hydroxyl groups is 5. The van der Waals surface area contributed by atoms with Crippen molar-refractivity contribution in [2.24, 2.45) is 22.2 Å². The monoisotopic (exact) mass is 664 g/mol. The number of carbonyl (C=O) groups is 3. The molecule has 5 heterocycles. The van der Waals surface area contributed by atoms with Gasteiger partial charge in [0.25, 0.3) is 0 Å². The number of ether oxygens (including phenoxy) is 5. The van der Waals surface area contributed by atoms with Crippen molar-refractivity contribution >= 4 is 17.7 Å². The lowest BCUT2D eigenvalue weighted by molar-refractivity contribution is -0.327. The van der Waals surface area contributed by atoms with Crippen LogP contribution in [-0.4, -0.2) is 116 Å².